The maximum atomic E-state index is 4.33. The van der Waals surface area contributed by atoms with Crippen molar-refractivity contribution in [2.45, 2.75) is 0 Å². The zero-order valence-electron chi connectivity index (χ0n) is 7.60. The lowest BCUT2D eigenvalue weighted by molar-refractivity contribution is 1.01. The first-order chi connectivity index (χ1) is 6.27. The summed E-state index contributed by atoms with van der Waals surface area (Å²) in [6.45, 7) is 0. The van der Waals surface area contributed by atoms with E-state index >= 15 is 0 Å². The van der Waals surface area contributed by atoms with Crippen LogP contribution in [-0.2, 0) is 0 Å². The summed E-state index contributed by atoms with van der Waals surface area (Å²) in [6, 6.07) is 3.80. The van der Waals surface area contributed by atoms with Gasteiger partial charge >= 0.3 is 0 Å². The van der Waals surface area contributed by atoms with Crippen molar-refractivity contribution in [1.29, 1.82) is 0 Å². The molecule has 0 radical (unpaired) electrons. The molecule has 0 saturated carbocycles. The molecule has 0 aliphatic carbocycles. The molecule has 0 aromatic carbocycles. The maximum Gasteiger partial charge on any atom is 0.225 e. The summed E-state index contributed by atoms with van der Waals surface area (Å²) in [6.07, 6.45) is 3.47. The van der Waals surface area contributed by atoms with Crippen LogP contribution in [0.4, 0.5) is 5.95 Å². The highest BCUT2D eigenvalue weighted by atomic mass is 15.2. The van der Waals surface area contributed by atoms with E-state index in [4.69, 9.17) is 0 Å². The van der Waals surface area contributed by atoms with Gasteiger partial charge in [-0.25, -0.2) is 9.97 Å². The Bertz CT molecular complexity index is 425. The van der Waals surface area contributed by atoms with E-state index in [-0.39, 0.29) is 0 Å². The zero-order valence-corrected chi connectivity index (χ0v) is 7.60. The molecule has 66 valence electrons. The molecule has 0 bridgehead atoms. The topological polar surface area (TPSA) is 41.9 Å². The van der Waals surface area contributed by atoms with Crippen LogP contribution in [0.15, 0.2) is 24.5 Å². The van der Waals surface area contributed by atoms with E-state index in [2.05, 4.69) is 15.0 Å². The third kappa shape index (κ3) is 1.42. The summed E-state index contributed by atoms with van der Waals surface area (Å²) < 4.78 is 0. The number of rotatable bonds is 1. The van der Waals surface area contributed by atoms with Crippen molar-refractivity contribution >= 4 is 17.0 Å². The summed E-state index contributed by atoms with van der Waals surface area (Å²) in [4.78, 5) is 14.5. The molecule has 0 aliphatic heterocycles. The second-order valence-corrected chi connectivity index (χ2v) is 2.97. The Morgan fingerprint density at radius 3 is 2.77 bits per heavy atom. The van der Waals surface area contributed by atoms with Crippen LogP contribution in [0.1, 0.15) is 0 Å². The SMILES string of the molecule is CN(C)c1ncc2ncccc2n1. The van der Waals surface area contributed by atoms with E-state index in [0.717, 1.165) is 11.0 Å². The minimum atomic E-state index is 0.709. The van der Waals surface area contributed by atoms with Crippen LogP contribution in [-0.4, -0.2) is 29.0 Å². The fourth-order valence-electron chi connectivity index (χ4n) is 1.07. The Labute approximate surface area is 76.3 Å². The van der Waals surface area contributed by atoms with E-state index in [1.54, 1.807) is 12.4 Å². The van der Waals surface area contributed by atoms with Crippen LogP contribution in [0.2, 0.25) is 0 Å². The van der Waals surface area contributed by atoms with E-state index in [1.807, 2.05) is 31.1 Å². The van der Waals surface area contributed by atoms with Gasteiger partial charge in [0.1, 0.15) is 5.52 Å². The molecule has 0 saturated heterocycles. The molecule has 0 atom stereocenters. The fourth-order valence-corrected chi connectivity index (χ4v) is 1.07. The molecule has 0 fully saturated rings. The van der Waals surface area contributed by atoms with E-state index in [0.29, 0.717) is 5.95 Å². The monoisotopic (exact) mass is 174 g/mol. The summed E-state index contributed by atoms with van der Waals surface area (Å²) in [5.74, 6) is 0.709. The van der Waals surface area contributed by atoms with Crippen molar-refractivity contribution in [3.05, 3.63) is 24.5 Å². The number of hydrogen-bond donors (Lipinski definition) is 0. The number of fused-ring (bicyclic) bond motifs is 1. The van der Waals surface area contributed by atoms with Gasteiger partial charge in [-0.05, 0) is 12.1 Å². The molecule has 2 aromatic rings. The largest absolute Gasteiger partial charge is 0.347 e. The molecular formula is C9H10N4. The van der Waals surface area contributed by atoms with Crippen molar-refractivity contribution in [2.75, 3.05) is 19.0 Å². The highest BCUT2D eigenvalue weighted by molar-refractivity contribution is 5.73. The normalized spacial score (nSPS) is 10.3. The van der Waals surface area contributed by atoms with Crippen LogP contribution in [0.25, 0.3) is 11.0 Å². The van der Waals surface area contributed by atoms with Crippen LogP contribution in [0.3, 0.4) is 0 Å². The highest BCUT2D eigenvalue weighted by Crippen LogP contribution is 2.10. The highest BCUT2D eigenvalue weighted by Gasteiger charge is 2.00. The Morgan fingerprint density at radius 2 is 2.00 bits per heavy atom. The maximum absolute atomic E-state index is 4.33. The van der Waals surface area contributed by atoms with Gasteiger partial charge in [0.05, 0.1) is 11.7 Å². The number of hydrogen-bond acceptors (Lipinski definition) is 4. The number of anilines is 1. The standard InChI is InChI=1S/C9H10N4/c1-13(2)9-11-6-8-7(12-9)4-3-5-10-8/h3-6H,1-2H3. The molecule has 4 nitrogen and oxygen atoms in total. The lowest BCUT2D eigenvalue weighted by Gasteiger charge is -2.09. The number of nitrogens with zero attached hydrogens (tertiary/aromatic N) is 4. The summed E-state index contributed by atoms with van der Waals surface area (Å²) >= 11 is 0. The summed E-state index contributed by atoms with van der Waals surface area (Å²) in [5, 5.41) is 0. The zero-order chi connectivity index (χ0) is 9.26. The second kappa shape index (κ2) is 2.97. The third-order valence-corrected chi connectivity index (χ3v) is 1.74. The minimum absolute atomic E-state index is 0.709. The molecule has 2 heterocycles. The van der Waals surface area contributed by atoms with Crippen molar-refractivity contribution in [2.24, 2.45) is 0 Å². The van der Waals surface area contributed by atoms with Crippen LogP contribution >= 0.6 is 0 Å². The molecular weight excluding hydrogens is 164 g/mol. The Hall–Kier alpha value is -1.71. The smallest absolute Gasteiger partial charge is 0.225 e. The molecule has 4 heteroatoms. The van der Waals surface area contributed by atoms with Crippen molar-refractivity contribution in [3.63, 3.8) is 0 Å². The van der Waals surface area contributed by atoms with Gasteiger partial charge in [-0.2, -0.15) is 0 Å². The van der Waals surface area contributed by atoms with Gasteiger partial charge in [-0.3, -0.25) is 4.98 Å². The third-order valence-electron chi connectivity index (χ3n) is 1.74. The lowest BCUT2D eigenvalue weighted by Crippen LogP contribution is -2.12. The molecule has 0 N–H and O–H groups in total. The van der Waals surface area contributed by atoms with E-state index in [1.165, 1.54) is 0 Å². The van der Waals surface area contributed by atoms with Gasteiger partial charge in [0.15, 0.2) is 0 Å². The molecule has 0 amide bonds. The summed E-state index contributed by atoms with van der Waals surface area (Å²) in [5.41, 5.74) is 1.70. The van der Waals surface area contributed by atoms with Crippen molar-refractivity contribution in [3.8, 4) is 0 Å². The average molecular weight is 174 g/mol. The van der Waals surface area contributed by atoms with Gasteiger partial charge in [-0.15, -0.1) is 0 Å². The van der Waals surface area contributed by atoms with Crippen LogP contribution in [0, 0.1) is 0 Å². The number of aromatic nitrogens is 3. The summed E-state index contributed by atoms with van der Waals surface area (Å²) in [7, 11) is 3.83. The van der Waals surface area contributed by atoms with E-state index < -0.39 is 0 Å². The van der Waals surface area contributed by atoms with E-state index in [9.17, 15) is 0 Å². The molecule has 0 spiro atoms. The molecule has 2 aromatic heterocycles. The average Bonchev–Trinajstić information content (AvgIpc) is 2.17. The number of pyridine rings is 1. The first kappa shape index (κ1) is 7.91. The first-order valence-corrected chi connectivity index (χ1v) is 4.02. The molecule has 13 heavy (non-hydrogen) atoms. The Kier molecular flexibility index (Phi) is 1.81. The minimum Gasteiger partial charge on any atom is -0.347 e. The van der Waals surface area contributed by atoms with Gasteiger partial charge in [0, 0.05) is 20.3 Å². The first-order valence-electron chi connectivity index (χ1n) is 4.02. The van der Waals surface area contributed by atoms with Gasteiger partial charge in [0.2, 0.25) is 5.95 Å². The van der Waals surface area contributed by atoms with Crippen LogP contribution < -0.4 is 4.90 Å². The molecule has 0 unspecified atom stereocenters. The van der Waals surface area contributed by atoms with Crippen molar-refractivity contribution < 1.29 is 0 Å². The fraction of sp³-hybridized carbons (Fsp3) is 0.222. The predicted molar refractivity (Wildman–Crippen MR) is 51.7 cm³/mol. The molecule has 2 rings (SSSR count). The van der Waals surface area contributed by atoms with Crippen LogP contribution in [0.5, 0.6) is 0 Å². The Balaban J connectivity index is 2.62. The second-order valence-electron chi connectivity index (χ2n) is 2.97. The van der Waals surface area contributed by atoms with Gasteiger partial charge in [0.25, 0.3) is 0 Å². The van der Waals surface area contributed by atoms with Crippen molar-refractivity contribution in [1.82, 2.24) is 15.0 Å². The molecule has 0 aliphatic rings. The van der Waals surface area contributed by atoms with Gasteiger partial charge < -0.3 is 4.90 Å². The quantitative estimate of drug-likeness (QED) is 0.649. The Morgan fingerprint density at radius 1 is 1.15 bits per heavy atom. The predicted octanol–water partition coefficient (Wildman–Crippen LogP) is 1.09. The lowest BCUT2D eigenvalue weighted by atomic mass is 10.4. The van der Waals surface area contributed by atoms with Gasteiger partial charge in [-0.1, -0.05) is 0 Å².